The summed E-state index contributed by atoms with van der Waals surface area (Å²) < 4.78 is 0. The van der Waals surface area contributed by atoms with Crippen molar-refractivity contribution < 1.29 is 14.8 Å². The molecule has 0 aliphatic heterocycles. The summed E-state index contributed by atoms with van der Waals surface area (Å²) in [5.74, 6) is -0.878. The molecule has 1 rings (SSSR count). The molecule has 0 saturated carbocycles. The SMILES string of the molecule is Cc1cccc([N+](=O)[O-])c1CCCC(=O)O. The van der Waals surface area contributed by atoms with E-state index in [9.17, 15) is 14.9 Å². The number of hydrogen-bond donors (Lipinski definition) is 1. The van der Waals surface area contributed by atoms with Crippen molar-refractivity contribution in [2.75, 3.05) is 0 Å². The lowest BCUT2D eigenvalue weighted by Crippen LogP contribution is -2.01. The molecule has 0 spiro atoms. The van der Waals surface area contributed by atoms with Gasteiger partial charge in [0.25, 0.3) is 5.69 Å². The van der Waals surface area contributed by atoms with Crippen molar-refractivity contribution in [1.82, 2.24) is 0 Å². The number of nitro groups is 1. The van der Waals surface area contributed by atoms with Crippen LogP contribution in [0, 0.1) is 17.0 Å². The van der Waals surface area contributed by atoms with Crippen LogP contribution in [0.4, 0.5) is 5.69 Å². The van der Waals surface area contributed by atoms with Gasteiger partial charge in [0, 0.05) is 18.1 Å². The Kier molecular flexibility index (Phi) is 3.99. The minimum absolute atomic E-state index is 0.0332. The lowest BCUT2D eigenvalue weighted by molar-refractivity contribution is -0.385. The monoisotopic (exact) mass is 223 g/mol. The molecule has 5 heteroatoms. The number of hydrogen-bond acceptors (Lipinski definition) is 3. The molecule has 1 N–H and O–H groups in total. The van der Waals surface area contributed by atoms with Crippen molar-refractivity contribution in [2.45, 2.75) is 26.2 Å². The molecule has 1 aromatic carbocycles. The van der Waals surface area contributed by atoms with Crippen molar-refractivity contribution in [3.05, 3.63) is 39.4 Å². The normalized spacial score (nSPS) is 10.1. The van der Waals surface area contributed by atoms with Crippen LogP contribution in [0.15, 0.2) is 18.2 Å². The van der Waals surface area contributed by atoms with E-state index in [2.05, 4.69) is 0 Å². The van der Waals surface area contributed by atoms with Crippen LogP contribution >= 0.6 is 0 Å². The first-order valence-corrected chi connectivity index (χ1v) is 4.97. The second-order valence-corrected chi connectivity index (χ2v) is 3.58. The molecule has 0 amide bonds. The van der Waals surface area contributed by atoms with E-state index in [1.165, 1.54) is 6.07 Å². The molecule has 1 aromatic rings. The van der Waals surface area contributed by atoms with E-state index in [0.717, 1.165) is 5.56 Å². The Hall–Kier alpha value is -1.91. The average molecular weight is 223 g/mol. The molecule has 16 heavy (non-hydrogen) atoms. The van der Waals surface area contributed by atoms with Crippen LogP contribution in [-0.4, -0.2) is 16.0 Å². The zero-order chi connectivity index (χ0) is 12.1. The van der Waals surface area contributed by atoms with Crippen molar-refractivity contribution in [1.29, 1.82) is 0 Å². The van der Waals surface area contributed by atoms with Crippen LogP contribution in [0.2, 0.25) is 0 Å². The Morgan fingerprint density at radius 1 is 1.50 bits per heavy atom. The first-order chi connectivity index (χ1) is 7.52. The molecule has 0 unspecified atom stereocenters. The predicted molar refractivity (Wildman–Crippen MR) is 58.4 cm³/mol. The van der Waals surface area contributed by atoms with Gasteiger partial charge in [0.05, 0.1) is 4.92 Å². The fraction of sp³-hybridized carbons (Fsp3) is 0.364. The third-order valence-electron chi connectivity index (χ3n) is 2.40. The molecular formula is C11H13NO4. The molecular weight excluding hydrogens is 210 g/mol. The summed E-state index contributed by atoms with van der Waals surface area (Å²) in [4.78, 5) is 20.7. The first-order valence-electron chi connectivity index (χ1n) is 4.97. The number of nitro benzene ring substituents is 1. The van der Waals surface area contributed by atoms with E-state index < -0.39 is 10.9 Å². The quantitative estimate of drug-likeness (QED) is 0.613. The zero-order valence-corrected chi connectivity index (χ0v) is 8.97. The highest BCUT2D eigenvalue weighted by molar-refractivity contribution is 5.66. The lowest BCUT2D eigenvalue weighted by atomic mass is 10.0. The summed E-state index contributed by atoms with van der Waals surface area (Å²) in [7, 11) is 0. The third kappa shape index (κ3) is 3.05. The Labute approximate surface area is 92.9 Å². The first kappa shape index (κ1) is 12.2. The van der Waals surface area contributed by atoms with E-state index >= 15 is 0 Å². The van der Waals surface area contributed by atoms with Crippen molar-refractivity contribution in [3.8, 4) is 0 Å². The molecule has 5 nitrogen and oxygen atoms in total. The van der Waals surface area contributed by atoms with Gasteiger partial charge in [-0.2, -0.15) is 0 Å². The van der Waals surface area contributed by atoms with E-state index in [4.69, 9.17) is 5.11 Å². The van der Waals surface area contributed by atoms with Gasteiger partial charge in [-0.3, -0.25) is 14.9 Å². The number of aliphatic carboxylic acids is 1. The van der Waals surface area contributed by atoms with Crippen LogP contribution < -0.4 is 0 Å². The third-order valence-corrected chi connectivity index (χ3v) is 2.40. The minimum atomic E-state index is -0.878. The van der Waals surface area contributed by atoms with E-state index in [-0.39, 0.29) is 12.1 Å². The Morgan fingerprint density at radius 3 is 2.75 bits per heavy atom. The minimum Gasteiger partial charge on any atom is -0.481 e. The highest BCUT2D eigenvalue weighted by Gasteiger charge is 2.14. The maximum atomic E-state index is 10.8. The van der Waals surface area contributed by atoms with Crippen molar-refractivity contribution in [2.24, 2.45) is 0 Å². The number of rotatable bonds is 5. The van der Waals surface area contributed by atoms with E-state index in [0.29, 0.717) is 18.4 Å². The largest absolute Gasteiger partial charge is 0.481 e. The van der Waals surface area contributed by atoms with Crippen molar-refractivity contribution >= 4 is 11.7 Å². The summed E-state index contributed by atoms with van der Waals surface area (Å²) >= 11 is 0. The van der Waals surface area contributed by atoms with Crippen LogP contribution in [0.1, 0.15) is 24.0 Å². The number of benzene rings is 1. The number of carbonyl (C=O) groups is 1. The summed E-state index contributed by atoms with van der Waals surface area (Å²) in [6.45, 7) is 1.79. The maximum Gasteiger partial charge on any atom is 0.303 e. The van der Waals surface area contributed by atoms with Gasteiger partial charge in [0.2, 0.25) is 0 Å². The molecule has 0 aliphatic carbocycles. The van der Waals surface area contributed by atoms with Gasteiger partial charge >= 0.3 is 5.97 Å². The average Bonchev–Trinajstić information content (AvgIpc) is 2.19. The maximum absolute atomic E-state index is 10.8. The standard InChI is InChI=1S/C11H13NO4/c1-8-4-2-6-10(12(15)16)9(8)5-3-7-11(13)14/h2,4,6H,3,5,7H2,1H3,(H,13,14). The van der Waals surface area contributed by atoms with Crippen molar-refractivity contribution in [3.63, 3.8) is 0 Å². The second-order valence-electron chi connectivity index (χ2n) is 3.58. The number of nitrogens with zero attached hydrogens (tertiary/aromatic N) is 1. The van der Waals surface area contributed by atoms with Gasteiger partial charge in [-0.15, -0.1) is 0 Å². The zero-order valence-electron chi connectivity index (χ0n) is 8.97. The fourth-order valence-corrected chi connectivity index (χ4v) is 1.60. The molecule has 0 radical (unpaired) electrons. The Morgan fingerprint density at radius 2 is 2.19 bits per heavy atom. The lowest BCUT2D eigenvalue weighted by Gasteiger charge is -2.05. The fourth-order valence-electron chi connectivity index (χ4n) is 1.60. The number of carboxylic acids is 1. The van der Waals surface area contributed by atoms with Gasteiger partial charge in [-0.25, -0.2) is 0 Å². The van der Waals surface area contributed by atoms with Crippen LogP contribution in [0.25, 0.3) is 0 Å². The smallest absolute Gasteiger partial charge is 0.303 e. The molecule has 0 aromatic heterocycles. The molecule has 0 heterocycles. The van der Waals surface area contributed by atoms with Gasteiger partial charge in [0.1, 0.15) is 0 Å². The van der Waals surface area contributed by atoms with Crippen LogP contribution in [0.5, 0.6) is 0 Å². The highest BCUT2D eigenvalue weighted by Crippen LogP contribution is 2.23. The van der Waals surface area contributed by atoms with E-state index in [1.807, 2.05) is 0 Å². The number of aryl methyl sites for hydroxylation is 1. The molecule has 0 bridgehead atoms. The number of carboxylic acid groups (broad SMARTS) is 1. The van der Waals surface area contributed by atoms with Crippen LogP contribution in [-0.2, 0) is 11.2 Å². The second kappa shape index (κ2) is 5.25. The van der Waals surface area contributed by atoms with E-state index in [1.54, 1.807) is 19.1 Å². The Balaban J connectivity index is 2.84. The molecule has 0 saturated heterocycles. The molecule has 0 fully saturated rings. The molecule has 0 aliphatic rings. The summed E-state index contributed by atoms with van der Waals surface area (Å²) in [6, 6.07) is 4.88. The van der Waals surface area contributed by atoms with Crippen LogP contribution in [0.3, 0.4) is 0 Å². The molecule has 86 valence electrons. The van der Waals surface area contributed by atoms with Gasteiger partial charge in [0.15, 0.2) is 0 Å². The topological polar surface area (TPSA) is 80.4 Å². The summed E-state index contributed by atoms with van der Waals surface area (Å²) in [5.41, 5.74) is 1.54. The van der Waals surface area contributed by atoms with Gasteiger partial charge in [-0.1, -0.05) is 12.1 Å². The highest BCUT2D eigenvalue weighted by atomic mass is 16.6. The summed E-state index contributed by atoms with van der Waals surface area (Å²) in [5, 5.41) is 19.3. The predicted octanol–water partition coefficient (Wildman–Crippen LogP) is 2.31. The molecule has 0 atom stereocenters. The summed E-state index contributed by atoms with van der Waals surface area (Å²) in [6.07, 6.45) is 0.877. The Bertz CT molecular complexity index is 414. The van der Waals surface area contributed by atoms with Gasteiger partial charge in [-0.05, 0) is 25.3 Å². The van der Waals surface area contributed by atoms with Gasteiger partial charge < -0.3 is 5.11 Å².